The van der Waals surface area contributed by atoms with Crippen LogP contribution in [0.1, 0.15) is 18.1 Å². The van der Waals surface area contributed by atoms with Gasteiger partial charge in [-0.05, 0) is 42.7 Å². The number of carbonyl (C=O) groups excluding carboxylic acids is 1. The van der Waals surface area contributed by atoms with E-state index in [2.05, 4.69) is 54.9 Å². The van der Waals surface area contributed by atoms with Crippen LogP contribution < -0.4 is 9.80 Å². The number of piperazine rings is 1. The molecule has 2 aliphatic heterocycles. The number of benzene rings is 1. The van der Waals surface area contributed by atoms with Crippen molar-refractivity contribution in [2.75, 3.05) is 36.0 Å². The van der Waals surface area contributed by atoms with E-state index in [1.165, 1.54) is 16.8 Å². The predicted octanol–water partition coefficient (Wildman–Crippen LogP) is 2.52. The molecule has 5 heterocycles. The van der Waals surface area contributed by atoms with Gasteiger partial charge in [-0.15, -0.1) is 0 Å². The molecular formula is C26H28N8O. The topological polar surface area (TPSA) is 83.3 Å². The van der Waals surface area contributed by atoms with Gasteiger partial charge in [-0.1, -0.05) is 12.1 Å². The number of imidazole rings is 1. The average molecular weight is 469 g/mol. The zero-order chi connectivity index (χ0) is 23.8. The number of amides is 1. The lowest BCUT2D eigenvalue weighted by atomic mass is 9.96. The number of anilines is 2. The molecule has 1 saturated heterocycles. The van der Waals surface area contributed by atoms with E-state index in [1.807, 2.05) is 34.0 Å². The molecule has 0 unspecified atom stereocenters. The third kappa shape index (κ3) is 4.07. The first-order valence-corrected chi connectivity index (χ1v) is 12.1. The van der Waals surface area contributed by atoms with Gasteiger partial charge in [-0.3, -0.25) is 4.79 Å². The van der Waals surface area contributed by atoms with Crippen molar-refractivity contribution in [2.24, 2.45) is 0 Å². The Hall–Kier alpha value is -4.01. The molecule has 35 heavy (non-hydrogen) atoms. The van der Waals surface area contributed by atoms with Gasteiger partial charge in [-0.2, -0.15) is 0 Å². The van der Waals surface area contributed by atoms with E-state index in [9.17, 15) is 4.79 Å². The standard InChI is InChI=1S/C26H28N8O/c1-19-14-32(10-11-34(19)25(35)16-33-18-30-23-5-3-8-29-26(23)33)24-6-2-4-20-7-9-31(15-22(20)24)21-12-27-17-28-13-21/h2-6,8,12-13,17-19H,7,9-11,14-16H2,1H3/t19-/m1/s1. The molecule has 0 spiro atoms. The molecule has 4 aromatic rings. The Labute approximate surface area is 204 Å². The number of carbonyl (C=O) groups is 1. The van der Waals surface area contributed by atoms with E-state index < -0.39 is 0 Å². The Bertz CT molecular complexity index is 1350. The van der Waals surface area contributed by atoms with Crippen LogP contribution in [0.15, 0.2) is 61.6 Å². The Morgan fingerprint density at radius 2 is 1.91 bits per heavy atom. The number of fused-ring (bicyclic) bond motifs is 2. The van der Waals surface area contributed by atoms with Crippen LogP contribution in [-0.2, 0) is 24.3 Å². The molecule has 1 atom stereocenters. The van der Waals surface area contributed by atoms with E-state index >= 15 is 0 Å². The fourth-order valence-corrected chi connectivity index (χ4v) is 5.33. The first-order chi connectivity index (χ1) is 17.2. The fraction of sp³-hybridized carbons (Fsp3) is 0.346. The van der Waals surface area contributed by atoms with E-state index in [0.29, 0.717) is 6.54 Å². The lowest BCUT2D eigenvalue weighted by molar-refractivity contribution is -0.134. The van der Waals surface area contributed by atoms with Crippen LogP contribution in [0.3, 0.4) is 0 Å². The molecule has 6 rings (SSSR count). The van der Waals surface area contributed by atoms with Crippen LogP contribution in [0.4, 0.5) is 11.4 Å². The van der Waals surface area contributed by atoms with E-state index in [0.717, 1.165) is 49.5 Å². The number of rotatable bonds is 4. The van der Waals surface area contributed by atoms with Crippen molar-refractivity contribution in [2.45, 2.75) is 32.5 Å². The second kappa shape index (κ2) is 8.98. The Kier molecular flexibility index (Phi) is 5.52. The summed E-state index contributed by atoms with van der Waals surface area (Å²) in [5, 5.41) is 0. The van der Waals surface area contributed by atoms with Crippen molar-refractivity contribution in [3.8, 4) is 0 Å². The Morgan fingerprint density at radius 1 is 1.03 bits per heavy atom. The van der Waals surface area contributed by atoms with Crippen LogP contribution in [0.2, 0.25) is 0 Å². The zero-order valence-electron chi connectivity index (χ0n) is 19.8. The van der Waals surface area contributed by atoms with Crippen molar-refractivity contribution in [1.29, 1.82) is 0 Å². The number of hydrogen-bond acceptors (Lipinski definition) is 7. The maximum Gasteiger partial charge on any atom is 0.242 e. The molecule has 9 nitrogen and oxygen atoms in total. The van der Waals surface area contributed by atoms with Gasteiger partial charge in [0.1, 0.15) is 18.4 Å². The maximum absolute atomic E-state index is 13.2. The third-order valence-electron chi connectivity index (χ3n) is 7.13. The number of pyridine rings is 1. The van der Waals surface area contributed by atoms with Gasteiger partial charge >= 0.3 is 0 Å². The largest absolute Gasteiger partial charge is 0.367 e. The minimum absolute atomic E-state index is 0.104. The zero-order valence-corrected chi connectivity index (χ0v) is 19.8. The quantitative estimate of drug-likeness (QED) is 0.455. The van der Waals surface area contributed by atoms with Crippen molar-refractivity contribution < 1.29 is 4.79 Å². The summed E-state index contributed by atoms with van der Waals surface area (Å²) >= 11 is 0. The summed E-state index contributed by atoms with van der Waals surface area (Å²) < 4.78 is 1.84. The van der Waals surface area contributed by atoms with E-state index in [4.69, 9.17) is 0 Å². The van der Waals surface area contributed by atoms with Gasteiger partial charge < -0.3 is 19.3 Å². The highest BCUT2D eigenvalue weighted by atomic mass is 16.2. The van der Waals surface area contributed by atoms with E-state index in [1.54, 1.807) is 18.9 Å². The highest BCUT2D eigenvalue weighted by Crippen LogP contribution is 2.32. The molecule has 0 aliphatic carbocycles. The summed E-state index contributed by atoms with van der Waals surface area (Å²) in [6, 6.07) is 10.5. The minimum atomic E-state index is 0.104. The Morgan fingerprint density at radius 3 is 2.77 bits per heavy atom. The molecule has 1 fully saturated rings. The van der Waals surface area contributed by atoms with Crippen LogP contribution in [-0.4, -0.2) is 67.5 Å². The molecule has 0 bridgehead atoms. The first kappa shape index (κ1) is 21.5. The number of hydrogen-bond donors (Lipinski definition) is 0. The molecule has 1 aromatic carbocycles. The van der Waals surface area contributed by atoms with Crippen LogP contribution in [0.5, 0.6) is 0 Å². The maximum atomic E-state index is 13.2. The summed E-state index contributed by atoms with van der Waals surface area (Å²) in [7, 11) is 0. The van der Waals surface area contributed by atoms with Crippen molar-refractivity contribution >= 4 is 28.4 Å². The summed E-state index contributed by atoms with van der Waals surface area (Å²) in [5.41, 5.74) is 6.65. The lowest BCUT2D eigenvalue weighted by Crippen LogP contribution is -2.55. The molecule has 0 N–H and O–H groups in total. The first-order valence-electron chi connectivity index (χ1n) is 12.1. The molecule has 2 aliphatic rings. The monoisotopic (exact) mass is 468 g/mol. The Balaban J connectivity index is 1.17. The van der Waals surface area contributed by atoms with Gasteiger partial charge in [0.2, 0.25) is 5.91 Å². The molecule has 9 heteroatoms. The van der Waals surface area contributed by atoms with Crippen LogP contribution in [0, 0.1) is 0 Å². The van der Waals surface area contributed by atoms with Gasteiger partial charge in [0.15, 0.2) is 5.65 Å². The fourth-order valence-electron chi connectivity index (χ4n) is 5.33. The van der Waals surface area contributed by atoms with Gasteiger partial charge in [0.05, 0.1) is 24.4 Å². The van der Waals surface area contributed by atoms with E-state index in [-0.39, 0.29) is 18.5 Å². The highest BCUT2D eigenvalue weighted by Gasteiger charge is 2.30. The SMILES string of the molecule is C[C@@H]1CN(c2cccc3c2CN(c2cncnc2)CC3)CCN1C(=O)Cn1cnc2cccnc21. The van der Waals surface area contributed by atoms with Crippen molar-refractivity contribution in [3.63, 3.8) is 0 Å². The summed E-state index contributed by atoms with van der Waals surface area (Å²) in [6.45, 7) is 6.50. The normalized spacial score (nSPS) is 18.1. The molecule has 178 valence electrons. The lowest BCUT2D eigenvalue weighted by Gasteiger charge is -2.43. The van der Waals surface area contributed by atoms with Crippen molar-refractivity contribution in [3.05, 3.63) is 72.7 Å². The highest BCUT2D eigenvalue weighted by molar-refractivity contribution is 5.79. The molecule has 1 amide bonds. The third-order valence-corrected chi connectivity index (χ3v) is 7.13. The van der Waals surface area contributed by atoms with Gasteiger partial charge in [-0.25, -0.2) is 19.9 Å². The minimum Gasteiger partial charge on any atom is -0.367 e. The predicted molar refractivity (Wildman–Crippen MR) is 134 cm³/mol. The second-order valence-electron chi connectivity index (χ2n) is 9.28. The molecule has 0 radical (unpaired) electrons. The molecule has 3 aromatic heterocycles. The van der Waals surface area contributed by atoms with Crippen LogP contribution in [0.25, 0.3) is 11.2 Å². The smallest absolute Gasteiger partial charge is 0.242 e. The average Bonchev–Trinajstić information content (AvgIpc) is 3.31. The van der Waals surface area contributed by atoms with Gasteiger partial charge in [0, 0.05) is 50.6 Å². The molecule has 0 saturated carbocycles. The number of nitrogens with zero attached hydrogens (tertiary/aromatic N) is 8. The summed E-state index contributed by atoms with van der Waals surface area (Å²) in [4.78, 5) is 37.1. The van der Waals surface area contributed by atoms with Crippen LogP contribution >= 0.6 is 0 Å². The summed E-state index contributed by atoms with van der Waals surface area (Å²) in [5.74, 6) is 0.104. The van der Waals surface area contributed by atoms with Crippen molar-refractivity contribution in [1.82, 2.24) is 29.4 Å². The second-order valence-corrected chi connectivity index (χ2v) is 9.28. The van der Waals surface area contributed by atoms with Gasteiger partial charge in [0.25, 0.3) is 0 Å². The molecular weight excluding hydrogens is 440 g/mol. The summed E-state index contributed by atoms with van der Waals surface area (Å²) in [6.07, 6.45) is 9.77. The number of aromatic nitrogens is 5.